The second-order valence-corrected chi connectivity index (χ2v) is 4.57. The number of hydrogen-bond acceptors (Lipinski definition) is 2. The summed E-state index contributed by atoms with van der Waals surface area (Å²) in [6.45, 7) is 5.32. The van der Waals surface area contributed by atoms with E-state index in [0.717, 1.165) is 18.5 Å². The second kappa shape index (κ2) is 4.62. The smallest absolute Gasteiger partial charge is 0.254 e. The average Bonchev–Trinajstić information content (AvgIpc) is 2.32. The van der Waals surface area contributed by atoms with Crippen molar-refractivity contribution >= 4 is 5.91 Å². The molecule has 1 aliphatic rings. The van der Waals surface area contributed by atoms with Crippen LogP contribution in [0.2, 0.25) is 0 Å². The molecule has 0 aliphatic carbocycles. The first kappa shape index (κ1) is 11.7. The normalized spacial score (nSPS) is 15.6. The van der Waals surface area contributed by atoms with E-state index in [4.69, 9.17) is 0 Å². The maximum atomic E-state index is 12.2. The molecule has 0 radical (unpaired) electrons. The summed E-state index contributed by atoms with van der Waals surface area (Å²) in [5.74, 6) is 0.275. The molecule has 17 heavy (non-hydrogen) atoms. The summed E-state index contributed by atoms with van der Waals surface area (Å²) < 4.78 is 0. The fourth-order valence-corrected chi connectivity index (χ4v) is 2.06. The Morgan fingerprint density at radius 1 is 1.35 bits per heavy atom. The van der Waals surface area contributed by atoms with Crippen LogP contribution in [-0.4, -0.2) is 29.0 Å². The van der Waals surface area contributed by atoms with Gasteiger partial charge in [-0.05, 0) is 44.0 Å². The van der Waals surface area contributed by atoms with Gasteiger partial charge in [0.15, 0.2) is 0 Å². The third-order valence-corrected chi connectivity index (χ3v) is 3.06. The zero-order valence-corrected chi connectivity index (χ0v) is 10.2. The van der Waals surface area contributed by atoms with Crippen LogP contribution >= 0.6 is 0 Å². The highest BCUT2D eigenvalue weighted by molar-refractivity contribution is 5.94. The molecule has 1 aliphatic heterocycles. The van der Waals surface area contributed by atoms with Gasteiger partial charge in [0.05, 0.1) is 0 Å². The molecule has 0 atom stereocenters. The summed E-state index contributed by atoms with van der Waals surface area (Å²) in [4.78, 5) is 14.1. The Bertz CT molecular complexity index is 477. The van der Waals surface area contributed by atoms with Gasteiger partial charge in [0.1, 0.15) is 5.75 Å². The Labute approximate surface area is 101 Å². The number of phenols is 1. The highest BCUT2D eigenvalue weighted by Crippen LogP contribution is 2.19. The summed E-state index contributed by atoms with van der Waals surface area (Å²) in [5.41, 5.74) is 2.62. The molecule has 0 unspecified atom stereocenters. The predicted molar refractivity (Wildman–Crippen MR) is 67.1 cm³/mol. The Morgan fingerprint density at radius 2 is 2.12 bits per heavy atom. The third-order valence-electron chi connectivity index (χ3n) is 3.06. The van der Waals surface area contributed by atoms with Crippen LogP contribution < -0.4 is 0 Å². The number of aromatic hydroxyl groups is 1. The molecule has 2 rings (SSSR count). The topological polar surface area (TPSA) is 40.5 Å². The van der Waals surface area contributed by atoms with Crippen LogP contribution in [0.1, 0.15) is 29.3 Å². The number of rotatable bonds is 1. The molecule has 0 saturated carbocycles. The van der Waals surface area contributed by atoms with E-state index in [9.17, 15) is 9.90 Å². The largest absolute Gasteiger partial charge is 0.508 e. The minimum Gasteiger partial charge on any atom is -0.508 e. The van der Waals surface area contributed by atoms with Gasteiger partial charge in [-0.2, -0.15) is 0 Å². The SMILES string of the molecule is CC1=CCCN(C(=O)c2ccc(O)c(C)c2)C1. The third kappa shape index (κ3) is 2.49. The molecule has 1 aromatic rings. The lowest BCUT2D eigenvalue weighted by Gasteiger charge is -2.26. The van der Waals surface area contributed by atoms with E-state index in [1.54, 1.807) is 25.1 Å². The molecule has 0 spiro atoms. The van der Waals surface area contributed by atoms with Crippen LogP contribution in [0.25, 0.3) is 0 Å². The van der Waals surface area contributed by atoms with Crippen molar-refractivity contribution in [3.05, 3.63) is 41.0 Å². The first-order valence-electron chi connectivity index (χ1n) is 5.82. The van der Waals surface area contributed by atoms with Crippen LogP contribution in [0, 0.1) is 6.92 Å². The van der Waals surface area contributed by atoms with Crippen molar-refractivity contribution in [2.24, 2.45) is 0 Å². The van der Waals surface area contributed by atoms with Gasteiger partial charge in [-0.1, -0.05) is 11.6 Å². The molecule has 0 bridgehead atoms. The molecule has 3 nitrogen and oxygen atoms in total. The highest BCUT2D eigenvalue weighted by Gasteiger charge is 2.18. The van der Waals surface area contributed by atoms with Gasteiger partial charge in [-0.15, -0.1) is 0 Å². The molecule has 0 fully saturated rings. The Kier molecular flexibility index (Phi) is 3.18. The first-order valence-corrected chi connectivity index (χ1v) is 5.82. The zero-order chi connectivity index (χ0) is 12.4. The summed E-state index contributed by atoms with van der Waals surface area (Å²) in [6.07, 6.45) is 3.10. The summed E-state index contributed by atoms with van der Waals surface area (Å²) in [7, 11) is 0. The molecule has 3 heteroatoms. The first-order chi connectivity index (χ1) is 8.08. The van der Waals surface area contributed by atoms with Crippen molar-refractivity contribution in [1.29, 1.82) is 0 Å². The number of phenolic OH excluding ortho intramolecular Hbond substituents is 1. The maximum absolute atomic E-state index is 12.2. The van der Waals surface area contributed by atoms with Crippen LogP contribution in [0.5, 0.6) is 5.75 Å². The minimum absolute atomic E-state index is 0.0422. The fraction of sp³-hybridized carbons (Fsp3) is 0.357. The molecular formula is C14H17NO2. The van der Waals surface area contributed by atoms with Crippen LogP contribution in [0.3, 0.4) is 0 Å². The lowest BCUT2D eigenvalue weighted by Crippen LogP contribution is -2.35. The van der Waals surface area contributed by atoms with E-state index in [0.29, 0.717) is 12.1 Å². The van der Waals surface area contributed by atoms with Crippen molar-refractivity contribution in [2.75, 3.05) is 13.1 Å². The molecular weight excluding hydrogens is 214 g/mol. The molecule has 0 aromatic heterocycles. The lowest BCUT2D eigenvalue weighted by molar-refractivity contribution is 0.0766. The average molecular weight is 231 g/mol. The highest BCUT2D eigenvalue weighted by atomic mass is 16.3. The molecule has 1 heterocycles. The van der Waals surface area contributed by atoms with E-state index >= 15 is 0 Å². The molecule has 1 amide bonds. The number of hydrogen-bond donors (Lipinski definition) is 1. The number of amides is 1. The van der Waals surface area contributed by atoms with Crippen LogP contribution in [0.4, 0.5) is 0 Å². The van der Waals surface area contributed by atoms with Crippen LogP contribution in [0.15, 0.2) is 29.8 Å². The van der Waals surface area contributed by atoms with E-state index in [1.165, 1.54) is 5.57 Å². The summed E-state index contributed by atoms with van der Waals surface area (Å²) in [6, 6.07) is 5.00. The quantitative estimate of drug-likeness (QED) is 0.754. The fourth-order valence-electron chi connectivity index (χ4n) is 2.06. The van der Waals surface area contributed by atoms with E-state index in [1.807, 2.05) is 11.8 Å². The number of benzene rings is 1. The van der Waals surface area contributed by atoms with Gasteiger partial charge in [0.25, 0.3) is 5.91 Å². The Morgan fingerprint density at radius 3 is 2.76 bits per heavy atom. The summed E-state index contributed by atoms with van der Waals surface area (Å²) in [5, 5.41) is 9.44. The second-order valence-electron chi connectivity index (χ2n) is 4.57. The number of carbonyl (C=O) groups is 1. The predicted octanol–water partition coefficient (Wildman–Crippen LogP) is 2.49. The Hall–Kier alpha value is -1.77. The van der Waals surface area contributed by atoms with Gasteiger partial charge >= 0.3 is 0 Å². The van der Waals surface area contributed by atoms with Gasteiger partial charge < -0.3 is 10.0 Å². The molecule has 90 valence electrons. The monoisotopic (exact) mass is 231 g/mol. The van der Waals surface area contributed by atoms with Crippen molar-refractivity contribution < 1.29 is 9.90 Å². The number of aryl methyl sites for hydroxylation is 1. The molecule has 1 N–H and O–H groups in total. The standard InChI is InChI=1S/C14H17NO2/c1-10-4-3-7-15(9-10)14(17)12-5-6-13(16)11(2)8-12/h4-6,8,16H,3,7,9H2,1-2H3. The van der Waals surface area contributed by atoms with E-state index in [2.05, 4.69) is 6.08 Å². The Balaban J connectivity index is 2.19. The van der Waals surface area contributed by atoms with E-state index < -0.39 is 0 Å². The zero-order valence-electron chi connectivity index (χ0n) is 10.2. The van der Waals surface area contributed by atoms with E-state index in [-0.39, 0.29) is 11.7 Å². The van der Waals surface area contributed by atoms with Gasteiger partial charge in [-0.3, -0.25) is 4.79 Å². The van der Waals surface area contributed by atoms with Crippen molar-refractivity contribution in [2.45, 2.75) is 20.3 Å². The number of nitrogens with zero attached hydrogens (tertiary/aromatic N) is 1. The van der Waals surface area contributed by atoms with Crippen LogP contribution in [-0.2, 0) is 0 Å². The van der Waals surface area contributed by atoms with Crippen molar-refractivity contribution in [3.8, 4) is 5.75 Å². The van der Waals surface area contributed by atoms with Gasteiger partial charge in [0, 0.05) is 18.7 Å². The van der Waals surface area contributed by atoms with Gasteiger partial charge in [-0.25, -0.2) is 0 Å². The number of carbonyl (C=O) groups excluding carboxylic acids is 1. The summed E-state index contributed by atoms with van der Waals surface area (Å²) >= 11 is 0. The van der Waals surface area contributed by atoms with Crippen molar-refractivity contribution in [3.63, 3.8) is 0 Å². The minimum atomic E-state index is 0.0422. The molecule has 0 saturated heterocycles. The lowest BCUT2D eigenvalue weighted by atomic mass is 10.1. The molecule has 1 aromatic carbocycles. The van der Waals surface area contributed by atoms with Gasteiger partial charge in [0.2, 0.25) is 0 Å². The maximum Gasteiger partial charge on any atom is 0.254 e. The van der Waals surface area contributed by atoms with Crippen molar-refractivity contribution in [1.82, 2.24) is 4.90 Å².